The van der Waals surface area contributed by atoms with Crippen LogP contribution >= 0.6 is 23.4 Å². The summed E-state index contributed by atoms with van der Waals surface area (Å²) in [5.41, 5.74) is 1.17. The second-order valence-electron chi connectivity index (χ2n) is 3.35. The van der Waals surface area contributed by atoms with Gasteiger partial charge in [-0.3, -0.25) is 4.79 Å². The molecule has 0 amide bonds. The highest BCUT2D eigenvalue weighted by atomic mass is 35.5. The Bertz CT molecular complexity index is 300. The molecule has 0 aliphatic rings. The van der Waals surface area contributed by atoms with Crippen molar-refractivity contribution in [3.05, 3.63) is 35.9 Å². The van der Waals surface area contributed by atoms with Gasteiger partial charge in [-0.15, -0.1) is 0 Å². The highest BCUT2D eigenvalue weighted by Gasteiger charge is 2.16. The Labute approximate surface area is 100 Å². The van der Waals surface area contributed by atoms with Crippen molar-refractivity contribution in [2.75, 3.05) is 11.5 Å². The van der Waals surface area contributed by atoms with Gasteiger partial charge >= 0.3 is 0 Å². The fraction of sp³-hybridized carbons (Fsp3) is 0.417. The first kappa shape index (κ1) is 12.6. The lowest BCUT2D eigenvalue weighted by atomic mass is 10.0. The number of carbonyl (C=O) groups excluding carboxylic acids is 1. The van der Waals surface area contributed by atoms with Crippen molar-refractivity contribution in [2.24, 2.45) is 5.92 Å². The van der Waals surface area contributed by atoms with E-state index >= 15 is 0 Å². The van der Waals surface area contributed by atoms with Crippen molar-refractivity contribution < 1.29 is 4.79 Å². The predicted octanol–water partition coefficient (Wildman–Crippen LogP) is 3.36. The van der Waals surface area contributed by atoms with Gasteiger partial charge in [-0.25, -0.2) is 0 Å². The summed E-state index contributed by atoms with van der Waals surface area (Å²) >= 11 is 7.34. The number of hydrogen-bond acceptors (Lipinski definition) is 2. The van der Waals surface area contributed by atoms with E-state index < -0.39 is 0 Å². The molecule has 3 heteroatoms. The van der Waals surface area contributed by atoms with E-state index in [1.54, 1.807) is 11.8 Å². The Morgan fingerprint density at radius 1 is 1.40 bits per heavy atom. The summed E-state index contributed by atoms with van der Waals surface area (Å²) in [7, 11) is 0. The van der Waals surface area contributed by atoms with Crippen molar-refractivity contribution in [3.63, 3.8) is 0 Å². The van der Waals surface area contributed by atoms with Crippen LogP contribution in [0.2, 0.25) is 0 Å². The summed E-state index contributed by atoms with van der Waals surface area (Å²) in [6, 6.07) is 10.0. The van der Waals surface area contributed by atoms with E-state index in [0.29, 0.717) is 0 Å². The average molecular weight is 243 g/mol. The van der Waals surface area contributed by atoms with Crippen LogP contribution in [-0.4, -0.2) is 16.7 Å². The van der Waals surface area contributed by atoms with Crippen LogP contribution in [0, 0.1) is 5.92 Å². The summed E-state index contributed by atoms with van der Waals surface area (Å²) in [6.07, 6.45) is 0.746. The quantitative estimate of drug-likeness (QED) is 0.712. The first-order valence-electron chi connectivity index (χ1n) is 5.05. The number of rotatable bonds is 6. The SMILES string of the molecule is CCSCC(Cc1ccccc1)C(=O)Cl. The van der Waals surface area contributed by atoms with Crippen LogP contribution < -0.4 is 0 Å². The summed E-state index contributed by atoms with van der Waals surface area (Å²) in [5.74, 6) is 1.78. The van der Waals surface area contributed by atoms with Gasteiger partial charge in [0.15, 0.2) is 0 Å². The maximum absolute atomic E-state index is 11.2. The molecule has 0 saturated heterocycles. The van der Waals surface area contributed by atoms with Crippen molar-refractivity contribution >= 4 is 28.6 Å². The summed E-state index contributed by atoms with van der Waals surface area (Å²) in [6.45, 7) is 2.09. The molecule has 0 fully saturated rings. The third-order valence-electron chi connectivity index (χ3n) is 2.17. The van der Waals surface area contributed by atoms with Crippen LogP contribution in [0.1, 0.15) is 12.5 Å². The lowest BCUT2D eigenvalue weighted by Crippen LogP contribution is -2.15. The Balaban J connectivity index is 2.55. The van der Waals surface area contributed by atoms with Crippen LogP contribution in [0.3, 0.4) is 0 Å². The predicted molar refractivity (Wildman–Crippen MR) is 67.5 cm³/mol. The topological polar surface area (TPSA) is 17.1 Å². The van der Waals surface area contributed by atoms with Gasteiger partial charge in [0.25, 0.3) is 0 Å². The molecule has 1 aromatic rings. The zero-order valence-electron chi connectivity index (χ0n) is 8.78. The van der Waals surface area contributed by atoms with Crippen molar-refractivity contribution in [1.29, 1.82) is 0 Å². The molecule has 0 aliphatic carbocycles. The van der Waals surface area contributed by atoms with Gasteiger partial charge in [0.1, 0.15) is 0 Å². The molecule has 1 atom stereocenters. The molecule has 0 heterocycles. The number of carbonyl (C=O) groups is 1. The van der Waals surface area contributed by atoms with Gasteiger partial charge in [-0.1, -0.05) is 37.3 Å². The molecule has 0 radical (unpaired) electrons. The zero-order valence-corrected chi connectivity index (χ0v) is 10.4. The minimum Gasteiger partial charge on any atom is -0.281 e. The van der Waals surface area contributed by atoms with Crippen LogP contribution in [0.25, 0.3) is 0 Å². The first-order chi connectivity index (χ1) is 7.24. The minimum atomic E-state index is -0.222. The van der Waals surface area contributed by atoms with E-state index in [1.807, 2.05) is 30.3 Å². The lowest BCUT2D eigenvalue weighted by molar-refractivity contribution is -0.114. The highest BCUT2D eigenvalue weighted by Crippen LogP contribution is 2.17. The van der Waals surface area contributed by atoms with Crippen LogP contribution in [-0.2, 0) is 11.2 Å². The van der Waals surface area contributed by atoms with Crippen molar-refractivity contribution in [2.45, 2.75) is 13.3 Å². The summed E-state index contributed by atoms with van der Waals surface area (Å²) < 4.78 is 0. The molecule has 0 N–H and O–H groups in total. The van der Waals surface area contributed by atoms with Gasteiger partial charge in [0.2, 0.25) is 5.24 Å². The third-order valence-corrected chi connectivity index (χ3v) is 3.52. The van der Waals surface area contributed by atoms with Crippen LogP contribution in [0.15, 0.2) is 30.3 Å². The number of halogens is 1. The smallest absolute Gasteiger partial charge is 0.225 e. The van der Waals surface area contributed by atoms with Gasteiger partial charge < -0.3 is 0 Å². The van der Waals surface area contributed by atoms with Gasteiger partial charge in [-0.05, 0) is 29.3 Å². The Kier molecular flexibility index (Phi) is 5.81. The van der Waals surface area contributed by atoms with E-state index in [-0.39, 0.29) is 11.2 Å². The molecule has 1 rings (SSSR count). The molecule has 0 bridgehead atoms. The fourth-order valence-electron chi connectivity index (χ4n) is 1.36. The number of thioether (sulfide) groups is 1. The Morgan fingerprint density at radius 3 is 2.60 bits per heavy atom. The number of benzene rings is 1. The molecule has 0 spiro atoms. The maximum Gasteiger partial charge on any atom is 0.225 e. The Hall–Kier alpha value is -0.470. The molecule has 0 aromatic heterocycles. The normalized spacial score (nSPS) is 12.4. The minimum absolute atomic E-state index is 0.0565. The molecular weight excluding hydrogens is 228 g/mol. The molecule has 1 nitrogen and oxygen atoms in total. The second-order valence-corrected chi connectivity index (χ2v) is 5.04. The van der Waals surface area contributed by atoms with E-state index in [2.05, 4.69) is 6.92 Å². The monoisotopic (exact) mass is 242 g/mol. The second kappa shape index (κ2) is 6.91. The van der Waals surface area contributed by atoms with E-state index in [9.17, 15) is 4.79 Å². The lowest BCUT2D eigenvalue weighted by Gasteiger charge is -2.11. The third kappa shape index (κ3) is 4.72. The zero-order chi connectivity index (χ0) is 11.1. The molecule has 1 unspecified atom stereocenters. The fourth-order valence-corrected chi connectivity index (χ4v) is 2.40. The molecule has 0 aliphatic heterocycles. The largest absolute Gasteiger partial charge is 0.281 e. The number of hydrogen-bond donors (Lipinski definition) is 0. The van der Waals surface area contributed by atoms with Crippen LogP contribution in [0.5, 0.6) is 0 Å². The highest BCUT2D eigenvalue weighted by molar-refractivity contribution is 7.99. The molecule has 0 saturated carbocycles. The standard InChI is InChI=1S/C12H15ClOS/c1-2-15-9-11(12(13)14)8-10-6-4-3-5-7-10/h3-7,11H,2,8-9H2,1H3. The average Bonchev–Trinajstić information content (AvgIpc) is 2.25. The van der Waals surface area contributed by atoms with Gasteiger partial charge in [0, 0.05) is 11.7 Å². The van der Waals surface area contributed by atoms with E-state index in [4.69, 9.17) is 11.6 Å². The van der Waals surface area contributed by atoms with Crippen molar-refractivity contribution in [1.82, 2.24) is 0 Å². The molecule has 1 aromatic carbocycles. The maximum atomic E-state index is 11.2. The van der Waals surface area contributed by atoms with Gasteiger partial charge in [0.05, 0.1) is 0 Å². The van der Waals surface area contributed by atoms with Crippen molar-refractivity contribution in [3.8, 4) is 0 Å². The van der Waals surface area contributed by atoms with Gasteiger partial charge in [-0.2, -0.15) is 11.8 Å². The van der Waals surface area contributed by atoms with Crippen LogP contribution in [0.4, 0.5) is 0 Å². The molecule has 82 valence electrons. The van der Waals surface area contributed by atoms with E-state index in [1.165, 1.54) is 5.56 Å². The molecule has 15 heavy (non-hydrogen) atoms. The Morgan fingerprint density at radius 2 is 2.07 bits per heavy atom. The molecular formula is C12H15ClOS. The summed E-state index contributed by atoms with van der Waals surface area (Å²) in [4.78, 5) is 11.2. The first-order valence-corrected chi connectivity index (χ1v) is 6.58. The summed E-state index contributed by atoms with van der Waals surface area (Å²) in [5, 5.41) is -0.222. The van der Waals surface area contributed by atoms with E-state index in [0.717, 1.165) is 17.9 Å².